The topological polar surface area (TPSA) is 24.9 Å². The van der Waals surface area contributed by atoms with Gasteiger partial charge in [-0.15, -0.1) is 11.3 Å². The van der Waals surface area contributed by atoms with Crippen LogP contribution in [-0.4, -0.2) is 11.5 Å². The molecule has 0 amide bonds. The maximum Gasteiger partial charge on any atom is 0.115 e. The standard InChI is InChI=1S/C14H16Cl2N2S/c1-4-17-13(14-18-8(2)9(3)19-14)10-5-6-11(15)12(16)7-10/h5-7,13,17H,4H2,1-3H3. The second-order valence-electron chi connectivity index (χ2n) is 4.36. The fourth-order valence-corrected chi connectivity index (χ4v) is 3.20. The van der Waals surface area contributed by atoms with Gasteiger partial charge in [-0.1, -0.05) is 36.2 Å². The van der Waals surface area contributed by atoms with Gasteiger partial charge in [0.25, 0.3) is 0 Å². The van der Waals surface area contributed by atoms with Gasteiger partial charge in [-0.2, -0.15) is 0 Å². The van der Waals surface area contributed by atoms with E-state index in [0.29, 0.717) is 10.0 Å². The van der Waals surface area contributed by atoms with E-state index in [-0.39, 0.29) is 6.04 Å². The minimum atomic E-state index is 0.0668. The van der Waals surface area contributed by atoms with Crippen LogP contribution in [0.3, 0.4) is 0 Å². The highest BCUT2D eigenvalue weighted by Gasteiger charge is 2.18. The Bertz CT molecular complexity index is 561. The number of rotatable bonds is 4. The molecule has 0 saturated carbocycles. The highest BCUT2D eigenvalue weighted by atomic mass is 35.5. The van der Waals surface area contributed by atoms with Crippen LogP contribution < -0.4 is 5.32 Å². The predicted octanol–water partition coefficient (Wildman–Crippen LogP) is 4.77. The van der Waals surface area contributed by atoms with Crippen molar-refractivity contribution in [2.24, 2.45) is 0 Å². The van der Waals surface area contributed by atoms with E-state index < -0.39 is 0 Å². The number of thiazole rings is 1. The Labute approximate surface area is 127 Å². The third-order valence-electron chi connectivity index (χ3n) is 2.98. The van der Waals surface area contributed by atoms with Gasteiger partial charge >= 0.3 is 0 Å². The van der Waals surface area contributed by atoms with E-state index in [4.69, 9.17) is 23.2 Å². The van der Waals surface area contributed by atoms with Gasteiger partial charge in [-0.3, -0.25) is 0 Å². The molecule has 1 heterocycles. The van der Waals surface area contributed by atoms with Crippen LogP contribution in [0.1, 0.15) is 34.1 Å². The van der Waals surface area contributed by atoms with Crippen LogP contribution in [-0.2, 0) is 0 Å². The Kier molecular flexibility index (Phi) is 4.85. The average Bonchev–Trinajstić information content (AvgIpc) is 2.70. The number of nitrogens with zero attached hydrogens (tertiary/aromatic N) is 1. The largest absolute Gasteiger partial charge is 0.305 e. The quantitative estimate of drug-likeness (QED) is 0.879. The summed E-state index contributed by atoms with van der Waals surface area (Å²) in [5, 5.41) is 5.67. The Hall–Kier alpha value is -0.610. The molecular weight excluding hydrogens is 299 g/mol. The second kappa shape index (κ2) is 6.23. The van der Waals surface area contributed by atoms with Crippen LogP contribution in [0.2, 0.25) is 10.0 Å². The van der Waals surface area contributed by atoms with Crippen molar-refractivity contribution < 1.29 is 0 Å². The van der Waals surface area contributed by atoms with Crippen LogP contribution in [0.25, 0.3) is 0 Å². The lowest BCUT2D eigenvalue weighted by Crippen LogP contribution is -2.21. The van der Waals surface area contributed by atoms with Crippen molar-refractivity contribution in [2.75, 3.05) is 6.54 Å². The molecule has 1 atom stereocenters. The molecule has 0 aliphatic heterocycles. The monoisotopic (exact) mass is 314 g/mol. The molecule has 1 aromatic carbocycles. The lowest BCUT2D eigenvalue weighted by Gasteiger charge is -2.16. The molecule has 19 heavy (non-hydrogen) atoms. The third-order valence-corrected chi connectivity index (χ3v) is 4.85. The van der Waals surface area contributed by atoms with Gasteiger partial charge in [0.2, 0.25) is 0 Å². The van der Waals surface area contributed by atoms with Crippen molar-refractivity contribution in [3.05, 3.63) is 49.4 Å². The summed E-state index contributed by atoms with van der Waals surface area (Å²) in [6, 6.07) is 5.80. The zero-order chi connectivity index (χ0) is 14.0. The van der Waals surface area contributed by atoms with E-state index in [0.717, 1.165) is 22.8 Å². The molecule has 0 radical (unpaired) electrons. The number of aryl methyl sites for hydroxylation is 2. The van der Waals surface area contributed by atoms with Gasteiger partial charge in [0.1, 0.15) is 5.01 Å². The highest BCUT2D eigenvalue weighted by molar-refractivity contribution is 7.11. The molecule has 2 nitrogen and oxygen atoms in total. The fourth-order valence-electron chi connectivity index (χ4n) is 1.86. The van der Waals surface area contributed by atoms with Crippen molar-refractivity contribution in [3.8, 4) is 0 Å². The fraction of sp³-hybridized carbons (Fsp3) is 0.357. The number of hydrogen-bond donors (Lipinski definition) is 1. The lowest BCUT2D eigenvalue weighted by molar-refractivity contribution is 0.626. The molecule has 0 spiro atoms. The molecule has 102 valence electrons. The van der Waals surface area contributed by atoms with Crippen molar-refractivity contribution in [1.82, 2.24) is 10.3 Å². The van der Waals surface area contributed by atoms with Crippen molar-refractivity contribution >= 4 is 34.5 Å². The summed E-state index contributed by atoms with van der Waals surface area (Å²) in [6.45, 7) is 7.07. The van der Waals surface area contributed by atoms with E-state index in [1.807, 2.05) is 25.1 Å². The number of halogens is 2. The average molecular weight is 315 g/mol. The van der Waals surface area contributed by atoms with Crippen LogP contribution in [0.5, 0.6) is 0 Å². The molecule has 2 aromatic rings. The highest BCUT2D eigenvalue weighted by Crippen LogP contribution is 2.31. The Balaban J connectivity index is 2.41. The summed E-state index contributed by atoms with van der Waals surface area (Å²) in [5.41, 5.74) is 2.17. The van der Waals surface area contributed by atoms with E-state index in [1.165, 1.54) is 4.88 Å². The Morgan fingerprint density at radius 3 is 2.53 bits per heavy atom. The maximum absolute atomic E-state index is 6.11. The Morgan fingerprint density at radius 2 is 2.00 bits per heavy atom. The van der Waals surface area contributed by atoms with E-state index in [9.17, 15) is 0 Å². The summed E-state index contributed by atoms with van der Waals surface area (Å²) in [5.74, 6) is 0. The second-order valence-corrected chi connectivity index (χ2v) is 6.41. The summed E-state index contributed by atoms with van der Waals surface area (Å²) < 4.78 is 0. The van der Waals surface area contributed by atoms with Gasteiger partial charge in [-0.05, 0) is 38.1 Å². The predicted molar refractivity (Wildman–Crippen MR) is 83.6 cm³/mol. The van der Waals surface area contributed by atoms with Crippen LogP contribution in [0.4, 0.5) is 0 Å². The Morgan fingerprint density at radius 1 is 1.26 bits per heavy atom. The normalized spacial score (nSPS) is 12.7. The molecule has 0 aliphatic carbocycles. The van der Waals surface area contributed by atoms with Crippen molar-refractivity contribution in [3.63, 3.8) is 0 Å². The maximum atomic E-state index is 6.11. The van der Waals surface area contributed by atoms with Crippen molar-refractivity contribution in [1.29, 1.82) is 0 Å². The summed E-state index contributed by atoms with van der Waals surface area (Å²) >= 11 is 13.8. The molecule has 1 unspecified atom stereocenters. The molecule has 0 bridgehead atoms. The number of benzene rings is 1. The first-order valence-electron chi connectivity index (χ1n) is 6.15. The first-order chi connectivity index (χ1) is 9.02. The van der Waals surface area contributed by atoms with Crippen molar-refractivity contribution in [2.45, 2.75) is 26.8 Å². The molecule has 5 heteroatoms. The number of nitrogens with one attached hydrogen (secondary N) is 1. The molecule has 0 saturated heterocycles. The van der Waals surface area contributed by atoms with Gasteiger partial charge in [0, 0.05) is 4.88 Å². The molecule has 1 aromatic heterocycles. The first-order valence-corrected chi connectivity index (χ1v) is 7.72. The van der Waals surface area contributed by atoms with E-state index >= 15 is 0 Å². The van der Waals surface area contributed by atoms with Gasteiger partial charge in [0.15, 0.2) is 0 Å². The zero-order valence-corrected chi connectivity index (χ0v) is 13.5. The summed E-state index contributed by atoms with van der Waals surface area (Å²) in [6.07, 6.45) is 0. The lowest BCUT2D eigenvalue weighted by atomic mass is 10.1. The van der Waals surface area contributed by atoms with Crippen LogP contribution >= 0.6 is 34.5 Å². The van der Waals surface area contributed by atoms with E-state index in [2.05, 4.69) is 24.1 Å². The SMILES string of the molecule is CCNC(c1ccc(Cl)c(Cl)c1)c1nc(C)c(C)s1. The third kappa shape index (κ3) is 3.29. The van der Waals surface area contributed by atoms with E-state index in [1.54, 1.807) is 11.3 Å². The van der Waals surface area contributed by atoms with Crippen LogP contribution in [0, 0.1) is 13.8 Å². The summed E-state index contributed by atoms with van der Waals surface area (Å²) in [4.78, 5) is 5.89. The van der Waals surface area contributed by atoms with Gasteiger partial charge in [-0.25, -0.2) is 4.98 Å². The molecule has 1 N–H and O–H groups in total. The molecule has 2 rings (SSSR count). The zero-order valence-electron chi connectivity index (χ0n) is 11.1. The summed E-state index contributed by atoms with van der Waals surface area (Å²) in [7, 11) is 0. The molecule has 0 aliphatic rings. The van der Waals surface area contributed by atoms with Crippen LogP contribution in [0.15, 0.2) is 18.2 Å². The number of aromatic nitrogens is 1. The molecule has 0 fully saturated rings. The minimum absolute atomic E-state index is 0.0668. The van der Waals surface area contributed by atoms with Gasteiger partial charge in [0.05, 0.1) is 21.8 Å². The smallest absolute Gasteiger partial charge is 0.115 e. The number of hydrogen-bond acceptors (Lipinski definition) is 3. The minimum Gasteiger partial charge on any atom is -0.305 e. The molecular formula is C14H16Cl2N2S. The first kappa shape index (κ1) is 14.8. The van der Waals surface area contributed by atoms with Gasteiger partial charge < -0.3 is 5.32 Å².